The summed E-state index contributed by atoms with van der Waals surface area (Å²) >= 11 is 1.60. The van der Waals surface area contributed by atoms with E-state index in [1.54, 1.807) is 16.3 Å². The number of nitrogens with zero attached hydrogens (tertiary/aromatic N) is 2. The van der Waals surface area contributed by atoms with Crippen molar-refractivity contribution in [3.8, 4) is 0 Å². The van der Waals surface area contributed by atoms with E-state index in [9.17, 15) is 4.79 Å². The Kier molecular flexibility index (Phi) is 4.90. The lowest BCUT2D eigenvalue weighted by Gasteiger charge is -2.08. The lowest BCUT2D eigenvalue weighted by molar-refractivity contribution is 0.602. The van der Waals surface area contributed by atoms with Crippen LogP contribution >= 0.6 is 11.8 Å². The van der Waals surface area contributed by atoms with Crippen LogP contribution in [0.1, 0.15) is 20.3 Å². The first kappa shape index (κ1) is 12.3. The van der Waals surface area contributed by atoms with E-state index in [-0.39, 0.29) is 5.69 Å². The molecule has 0 aliphatic heterocycles. The Bertz CT molecular complexity index is 346. The molecule has 5 nitrogen and oxygen atoms in total. The quantitative estimate of drug-likeness (QED) is 0.706. The lowest BCUT2D eigenvalue weighted by Crippen LogP contribution is -2.24. The number of thioether (sulfide) groups is 1. The van der Waals surface area contributed by atoms with Gasteiger partial charge >= 0.3 is 5.69 Å². The molecule has 0 aromatic carbocycles. The normalized spacial score (nSPS) is 13.0. The van der Waals surface area contributed by atoms with Gasteiger partial charge in [-0.05, 0) is 20.4 Å². The van der Waals surface area contributed by atoms with E-state index < -0.39 is 0 Å². The molecule has 0 aliphatic rings. The number of rotatable bonds is 6. The average molecular weight is 230 g/mol. The molecular weight excluding hydrogens is 212 g/mol. The van der Waals surface area contributed by atoms with Crippen LogP contribution in [0.3, 0.4) is 0 Å². The van der Waals surface area contributed by atoms with Crippen molar-refractivity contribution in [3.05, 3.63) is 10.5 Å². The molecule has 2 N–H and O–H groups in total. The van der Waals surface area contributed by atoms with Gasteiger partial charge in [0.15, 0.2) is 5.16 Å². The van der Waals surface area contributed by atoms with Crippen molar-refractivity contribution in [1.82, 2.24) is 20.1 Å². The van der Waals surface area contributed by atoms with Gasteiger partial charge in [-0.3, -0.25) is 4.57 Å². The van der Waals surface area contributed by atoms with Crippen molar-refractivity contribution in [3.63, 3.8) is 0 Å². The summed E-state index contributed by atoms with van der Waals surface area (Å²) < 4.78 is 1.69. The first-order valence-corrected chi connectivity index (χ1v) is 6.12. The highest BCUT2D eigenvalue weighted by Gasteiger charge is 2.09. The van der Waals surface area contributed by atoms with Gasteiger partial charge in [-0.15, -0.1) is 5.10 Å². The van der Waals surface area contributed by atoms with Gasteiger partial charge < -0.3 is 5.32 Å². The molecule has 1 heterocycles. The summed E-state index contributed by atoms with van der Waals surface area (Å²) in [6, 6.07) is 0.414. The maximum Gasteiger partial charge on any atom is 0.343 e. The first-order valence-electron chi connectivity index (χ1n) is 5.14. The number of H-pyrrole nitrogens is 1. The minimum Gasteiger partial charge on any atom is -0.316 e. The van der Waals surface area contributed by atoms with E-state index in [1.165, 1.54) is 0 Å². The predicted molar refractivity (Wildman–Crippen MR) is 62.4 cm³/mol. The van der Waals surface area contributed by atoms with E-state index in [4.69, 9.17) is 0 Å². The number of hydrogen-bond acceptors (Lipinski definition) is 4. The van der Waals surface area contributed by atoms with Gasteiger partial charge in [0.05, 0.1) is 0 Å². The summed E-state index contributed by atoms with van der Waals surface area (Å²) in [5.41, 5.74) is -0.114. The highest BCUT2D eigenvalue weighted by molar-refractivity contribution is 7.99. The SMILES string of the molecule is CCCn1c(SCC(C)NC)n[nH]c1=O. The van der Waals surface area contributed by atoms with Crippen molar-refractivity contribution < 1.29 is 0 Å². The van der Waals surface area contributed by atoms with Crippen LogP contribution in [0.5, 0.6) is 0 Å². The molecule has 1 rings (SSSR count). The standard InChI is InChI=1S/C9H18N4OS/c1-4-5-13-8(14)11-12-9(13)15-6-7(2)10-3/h7,10H,4-6H2,1-3H3,(H,11,14). The summed E-state index contributed by atoms with van der Waals surface area (Å²) in [4.78, 5) is 11.4. The largest absolute Gasteiger partial charge is 0.343 e. The fraction of sp³-hybridized carbons (Fsp3) is 0.778. The molecule has 0 amide bonds. The van der Waals surface area contributed by atoms with Crippen molar-refractivity contribution in [1.29, 1.82) is 0 Å². The van der Waals surface area contributed by atoms with E-state index in [2.05, 4.69) is 22.4 Å². The second kappa shape index (κ2) is 5.97. The van der Waals surface area contributed by atoms with Gasteiger partial charge in [0.25, 0.3) is 0 Å². The summed E-state index contributed by atoms with van der Waals surface area (Å²) in [6.45, 7) is 4.87. The average Bonchev–Trinajstić information content (AvgIpc) is 2.58. The minimum atomic E-state index is -0.114. The van der Waals surface area contributed by atoms with Gasteiger partial charge in [0.2, 0.25) is 0 Å². The zero-order chi connectivity index (χ0) is 11.3. The molecule has 0 spiro atoms. The first-order chi connectivity index (χ1) is 7.19. The number of aromatic nitrogens is 3. The van der Waals surface area contributed by atoms with E-state index in [1.807, 2.05) is 14.0 Å². The Morgan fingerprint density at radius 2 is 2.40 bits per heavy atom. The third-order valence-corrected chi connectivity index (χ3v) is 3.36. The zero-order valence-electron chi connectivity index (χ0n) is 9.41. The van der Waals surface area contributed by atoms with Crippen LogP contribution in [-0.4, -0.2) is 33.6 Å². The molecule has 0 saturated carbocycles. The summed E-state index contributed by atoms with van der Waals surface area (Å²) in [7, 11) is 1.93. The molecule has 0 radical (unpaired) electrons. The monoisotopic (exact) mass is 230 g/mol. The van der Waals surface area contributed by atoms with Crippen LogP contribution in [0.2, 0.25) is 0 Å². The van der Waals surface area contributed by atoms with Crippen LogP contribution in [0, 0.1) is 0 Å². The molecule has 1 aromatic rings. The van der Waals surface area contributed by atoms with Gasteiger partial charge in [-0.1, -0.05) is 18.7 Å². The highest BCUT2D eigenvalue weighted by atomic mass is 32.2. The van der Waals surface area contributed by atoms with Crippen molar-refractivity contribution in [2.75, 3.05) is 12.8 Å². The smallest absolute Gasteiger partial charge is 0.316 e. The van der Waals surface area contributed by atoms with Gasteiger partial charge in [-0.2, -0.15) is 0 Å². The highest BCUT2D eigenvalue weighted by Crippen LogP contribution is 2.14. The second-order valence-corrected chi connectivity index (χ2v) is 4.45. The van der Waals surface area contributed by atoms with Crippen LogP contribution < -0.4 is 11.0 Å². The molecule has 1 atom stereocenters. The molecule has 15 heavy (non-hydrogen) atoms. The van der Waals surface area contributed by atoms with Gasteiger partial charge in [-0.25, -0.2) is 9.89 Å². The van der Waals surface area contributed by atoms with Crippen molar-refractivity contribution >= 4 is 11.8 Å². The number of hydrogen-bond donors (Lipinski definition) is 2. The topological polar surface area (TPSA) is 62.7 Å². The molecular formula is C9H18N4OS. The molecule has 0 saturated heterocycles. The summed E-state index contributed by atoms with van der Waals surface area (Å²) in [5, 5.41) is 10.4. The fourth-order valence-electron chi connectivity index (χ4n) is 1.12. The van der Waals surface area contributed by atoms with Crippen LogP contribution in [0.25, 0.3) is 0 Å². The Morgan fingerprint density at radius 1 is 1.67 bits per heavy atom. The molecule has 1 aromatic heterocycles. The summed E-state index contributed by atoms with van der Waals surface area (Å²) in [6.07, 6.45) is 0.939. The number of nitrogens with one attached hydrogen (secondary N) is 2. The molecule has 1 unspecified atom stereocenters. The van der Waals surface area contributed by atoms with Crippen LogP contribution in [0.15, 0.2) is 9.95 Å². The molecule has 0 bridgehead atoms. The lowest BCUT2D eigenvalue weighted by atomic mass is 10.4. The van der Waals surface area contributed by atoms with Crippen molar-refractivity contribution in [2.45, 2.75) is 38.0 Å². The van der Waals surface area contributed by atoms with E-state index in [0.29, 0.717) is 6.04 Å². The second-order valence-electron chi connectivity index (χ2n) is 3.46. The molecule has 0 fully saturated rings. The van der Waals surface area contributed by atoms with Gasteiger partial charge in [0.1, 0.15) is 0 Å². The molecule has 86 valence electrons. The maximum absolute atomic E-state index is 11.4. The number of aromatic amines is 1. The molecule has 6 heteroatoms. The van der Waals surface area contributed by atoms with Gasteiger partial charge in [0, 0.05) is 18.3 Å². The minimum absolute atomic E-state index is 0.114. The Balaban J connectivity index is 2.64. The predicted octanol–water partition coefficient (Wildman–Crippen LogP) is 0.681. The summed E-state index contributed by atoms with van der Waals surface area (Å²) in [5.74, 6) is 0.907. The van der Waals surface area contributed by atoms with E-state index >= 15 is 0 Å². The Labute approximate surface area is 93.6 Å². The molecule has 0 aliphatic carbocycles. The Morgan fingerprint density at radius 3 is 3.00 bits per heavy atom. The van der Waals surface area contributed by atoms with E-state index in [0.717, 1.165) is 23.9 Å². The zero-order valence-corrected chi connectivity index (χ0v) is 10.2. The maximum atomic E-state index is 11.4. The van der Waals surface area contributed by atoms with Crippen LogP contribution in [-0.2, 0) is 6.54 Å². The third kappa shape index (κ3) is 3.39. The fourth-order valence-corrected chi connectivity index (χ4v) is 2.12. The third-order valence-electron chi connectivity index (χ3n) is 2.13. The van der Waals surface area contributed by atoms with Crippen molar-refractivity contribution in [2.24, 2.45) is 0 Å². The Hall–Kier alpha value is -0.750. The van der Waals surface area contributed by atoms with Crippen LogP contribution in [0.4, 0.5) is 0 Å².